The van der Waals surface area contributed by atoms with Crippen LogP contribution in [0.2, 0.25) is 0 Å². The van der Waals surface area contributed by atoms with Crippen LogP contribution in [0.4, 0.5) is 13.2 Å². The minimum atomic E-state index is -4.45. The molecule has 0 unspecified atom stereocenters. The Balaban J connectivity index is 2.52. The number of nitrogens with zero attached hydrogens (tertiary/aromatic N) is 2. The van der Waals surface area contributed by atoms with Gasteiger partial charge in [0, 0.05) is 13.1 Å². The zero-order valence-electron chi connectivity index (χ0n) is 10.2. The Morgan fingerprint density at radius 2 is 1.94 bits per heavy atom. The molecule has 1 aromatic carbocycles. The predicted molar refractivity (Wildman–Crippen MR) is 61.5 cm³/mol. The average molecular weight is 258 g/mol. The number of rotatable bonds is 2. The van der Waals surface area contributed by atoms with Crippen LogP contribution in [0.5, 0.6) is 5.75 Å². The molecular formula is C12H13F3N2O. The van der Waals surface area contributed by atoms with E-state index in [-0.39, 0.29) is 11.6 Å². The van der Waals surface area contributed by atoms with Crippen LogP contribution in [-0.2, 0) is 13.2 Å². The number of hydrogen-bond donors (Lipinski definition) is 0. The summed E-state index contributed by atoms with van der Waals surface area (Å²) in [4.78, 5) is 3.61. The van der Waals surface area contributed by atoms with Crippen LogP contribution >= 0.6 is 0 Å². The zero-order valence-corrected chi connectivity index (χ0v) is 10.2. The van der Waals surface area contributed by atoms with Crippen molar-refractivity contribution in [2.75, 3.05) is 0 Å². The van der Waals surface area contributed by atoms with E-state index in [1.165, 1.54) is 13.1 Å². The number of benzene rings is 1. The first-order chi connectivity index (χ1) is 8.29. The molecule has 0 atom stereocenters. The van der Waals surface area contributed by atoms with Gasteiger partial charge in [-0.15, -0.1) is 0 Å². The van der Waals surface area contributed by atoms with Gasteiger partial charge < -0.3 is 9.30 Å². The smallest absolute Gasteiger partial charge is 0.449 e. The van der Waals surface area contributed by atoms with Gasteiger partial charge >= 0.3 is 6.18 Å². The first-order valence-corrected chi connectivity index (χ1v) is 5.49. The number of hydrogen-bond acceptors (Lipinski definition) is 2. The molecule has 0 N–H and O–H groups in total. The van der Waals surface area contributed by atoms with Gasteiger partial charge in [0.2, 0.25) is 5.82 Å². The molecule has 6 heteroatoms. The van der Waals surface area contributed by atoms with Crippen LogP contribution < -0.4 is 4.74 Å². The van der Waals surface area contributed by atoms with E-state index in [4.69, 9.17) is 4.74 Å². The average Bonchev–Trinajstić information content (AvgIpc) is 2.54. The predicted octanol–water partition coefficient (Wildman–Crippen LogP) is 3.38. The maximum absolute atomic E-state index is 12.7. The summed E-state index contributed by atoms with van der Waals surface area (Å²) in [6.07, 6.45) is -4.49. The molecule has 0 aliphatic carbocycles. The van der Waals surface area contributed by atoms with E-state index in [0.717, 1.165) is 4.57 Å². The van der Waals surface area contributed by atoms with Gasteiger partial charge in [0.15, 0.2) is 0 Å². The van der Waals surface area contributed by atoms with Crippen molar-refractivity contribution in [3.05, 3.63) is 24.0 Å². The van der Waals surface area contributed by atoms with Crippen molar-refractivity contribution in [3.8, 4) is 5.75 Å². The summed E-state index contributed by atoms with van der Waals surface area (Å²) < 4.78 is 44.5. The van der Waals surface area contributed by atoms with Gasteiger partial charge in [0.1, 0.15) is 5.75 Å². The fraction of sp³-hybridized carbons (Fsp3) is 0.417. The van der Waals surface area contributed by atoms with E-state index < -0.39 is 12.0 Å². The Labute approximate surface area is 102 Å². The standard InChI is InChI=1S/C12H13F3N2O/c1-7(2)18-8-4-5-10-9(6-8)16-11(17(10)3)12(13,14)15/h4-7H,1-3H3. The zero-order chi connectivity index (χ0) is 13.5. The lowest BCUT2D eigenvalue weighted by atomic mass is 10.3. The number of halogens is 3. The molecule has 2 rings (SSSR count). The highest BCUT2D eigenvalue weighted by atomic mass is 19.4. The summed E-state index contributed by atoms with van der Waals surface area (Å²) in [5.41, 5.74) is 0.710. The molecule has 98 valence electrons. The lowest BCUT2D eigenvalue weighted by molar-refractivity contribution is -0.146. The molecule has 0 aliphatic heterocycles. The van der Waals surface area contributed by atoms with Crippen molar-refractivity contribution < 1.29 is 17.9 Å². The molecule has 0 saturated heterocycles. The SMILES string of the molecule is CC(C)Oc1ccc2c(c1)nc(C(F)(F)F)n2C. The summed E-state index contributed by atoms with van der Waals surface area (Å²) in [7, 11) is 1.35. The lowest BCUT2D eigenvalue weighted by Gasteiger charge is -2.09. The first kappa shape index (κ1) is 12.7. The highest BCUT2D eigenvalue weighted by Crippen LogP contribution is 2.31. The van der Waals surface area contributed by atoms with Crippen LogP contribution in [0.15, 0.2) is 18.2 Å². The molecule has 3 nitrogen and oxygen atoms in total. The molecule has 0 spiro atoms. The molecule has 0 amide bonds. The highest BCUT2D eigenvalue weighted by molar-refractivity contribution is 5.77. The quantitative estimate of drug-likeness (QED) is 0.825. The fourth-order valence-corrected chi connectivity index (χ4v) is 1.78. The lowest BCUT2D eigenvalue weighted by Crippen LogP contribution is -2.12. The Kier molecular flexibility index (Phi) is 2.96. The molecule has 0 saturated carbocycles. The van der Waals surface area contributed by atoms with Gasteiger partial charge in [-0.2, -0.15) is 13.2 Å². The Hall–Kier alpha value is -1.72. The van der Waals surface area contributed by atoms with Gasteiger partial charge in [0.05, 0.1) is 17.1 Å². The highest BCUT2D eigenvalue weighted by Gasteiger charge is 2.36. The van der Waals surface area contributed by atoms with Crippen molar-refractivity contribution >= 4 is 11.0 Å². The second kappa shape index (κ2) is 4.19. The summed E-state index contributed by atoms with van der Waals surface area (Å²) in [5.74, 6) is -0.386. The Bertz CT molecular complexity index is 572. The normalized spacial score (nSPS) is 12.4. The van der Waals surface area contributed by atoms with E-state index >= 15 is 0 Å². The van der Waals surface area contributed by atoms with Gasteiger partial charge in [-0.3, -0.25) is 0 Å². The maximum atomic E-state index is 12.7. The summed E-state index contributed by atoms with van der Waals surface area (Å²) >= 11 is 0. The van der Waals surface area contributed by atoms with Crippen LogP contribution in [-0.4, -0.2) is 15.7 Å². The molecule has 0 aliphatic rings. The van der Waals surface area contributed by atoms with Crippen molar-refractivity contribution in [1.82, 2.24) is 9.55 Å². The van der Waals surface area contributed by atoms with Crippen LogP contribution in [0.3, 0.4) is 0 Å². The van der Waals surface area contributed by atoms with E-state index in [2.05, 4.69) is 4.98 Å². The third kappa shape index (κ3) is 2.27. The van der Waals surface area contributed by atoms with Gasteiger partial charge in [0.25, 0.3) is 0 Å². The van der Waals surface area contributed by atoms with Crippen molar-refractivity contribution in [2.24, 2.45) is 7.05 Å². The summed E-state index contributed by atoms with van der Waals surface area (Å²) in [6, 6.07) is 4.74. The van der Waals surface area contributed by atoms with E-state index in [1.807, 2.05) is 13.8 Å². The van der Waals surface area contributed by atoms with E-state index in [1.54, 1.807) is 12.1 Å². The summed E-state index contributed by atoms with van der Waals surface area (Å²) in [6.45, 7) is 3.70. The molecular weight excluding hydrogens is 245 g/mol. The monoisotopic (exact) mass is 258 g/mol. The van der Waals surface area contributed by atoms with Gasteiger partial charge in [-0.25, -0.2) is 4.98 Å². The fourth-order valence-electron chi connectivity index (χ4n) is 1.78. The Morgan fingerprint density at radius 3 is 2.50 bits per heavy atom. The second-order valence-corrected chi connectivity index (χ2v) is 4.31. The van der Waals surface area contributed by atoms with Crippen molar-refractivity contribution in [1.29, 1.82) is 0 Å². The third-order valence-corrected chi connectivity index (χ3v) is 2.48. The number of ether oxygens (including phenoxy) is 1. The van der Waals surface area contributed by atoms with Crippen molar-refractivity contribution in [2.45, 2.75) is 26.1 Å². The molecule has 1 heterocycles. The minimum absolute atomic E-state index is 0.0340. The minimum Gasteiger partial charge on any atom is -0.491 e. The largest absolute Gasteiger partial charge is 0.491 e. The topological polar surface area (TPSA) is 27.1 Å². The Morgan fingerprint density at radius 1 is 1.28 bits per heavy atom. The number of alkyl halides is 3. The number of imidazole rings is 1. The maximum Gasteiger partial charge on any atom is 0.449 e. The number of fused-ring (bicyclic) bond motifs is 1. The number of aromatic nitrogens is 2. The number of aryl methyl sites for hydroxylation is 1. The first-order valence-electron chi connectivity index (χ1n) is 5.49. The van der Waals surface area contributed by atoms with Crippen LogP contribution in [0, 0.1) is 0 Å². The molecule has 0 bridgehead atoms. The van der Waals surface area contributed by atoms with Gasteiger partial charge in [-0.1, -0.05) is 0 Å². The van der Waals surface area contributed by atoms with E-state index in [9.17, 15) is 13.2 Å². The second-order valence-electron chi connectivity index (χ2n) is 4.31. The molecule has 0 fully saturated rings. The molecule has 18 heavy (non-hydrogen) atoms. The molecule has 1 aromatic heterocycles. The van der Waals surface area contributed by atoms with E-state index in [0.29, 0.717) is 11.3 Å². The molecule has 2 aromatic rings. The summed E-state index contributed by atoms with van der Waals surface area (Å²) in [5, 5.41) is 0. The van der Waals surface area contributed by atoms with Crippen molar-refractivity contribution in [3.63, 3.8) is 0 Å². The van der Waals surface area contributed by atoms with Crippen LogP contribution in [0.25, 0.3) is 11.0 Å². The molecule has 0 radical (unpaired) electrons. The third-order valence-electron chi connectivity index (χ3n) is 2.48. The van der Waals surface area contributed by atoms with Crippen LogP contribution in [0.1, 0.15) is 19.7 Å². The van der Waals surface area contributed by atoms with Gasteiger partial charge in [-0.05, 0) is 26.0 Å².